The number of halogens is 7. The average Bonchev–Trinajstić information content (AvgIpc) is 3.15. The number of benzene rings is 2. The number of anilines is 1. The highest BCUT2D eigenvalue weighted by atomic mass is 35.5. The van der Waals surface area contributed by atoms with Crippen molar-refractivity contribution in [2.24, 2.45) is 0 Å². The first kappa shape index (κ1) is 23.7. The van der Waals surface area contributed by atoms with E-state index in [0.29, 0.717) is 6.07 Å². The number of aromatic nitrogens is 4. The summed E-state index contributed by atoms with van der Waals surface area (Å²) >= 11 is 6.40. The zero-order valence-corrected chi connectivity index (χ0v) is 17.0. The van der Waals surface area contributed by atoms with E-state index < -0.39 is 35.4 Å². The number of alkyl halides is 6. The van der Waals surface area contributed by atoms with Crippen molar-refractivity contribution >= 4 is 35.0 Å². The second-order valence-electron chi connectivity index (χ2n) is 5.94. The molecule has 15 heteroatoms. The van der Waals surface area contributed by atoms with Crippen molar-refractivity contribution in [3.63, 3.8) is 0 Å². The summed E-state index contributed by atoms with van der Waals surface area (Å²) in [7, 11) is 0. The van der Waals surface area contributed by atoms with Gasteiger partial charge in [0.05, 0.1) is 22.7 Å². The fourth-order valence-electron chi connectivity index (χ4n) is 2.40. The highest BCUT2D eigenvalue weighted by molar-refractivity contribution is 7.99. The molecule has 1 aromatic heterocycles. The first-order chi connectivity index (χ1) is 14.9. The Balaban J connectivity index is 1.67. The van der Waals surface area contributed by atoms with Crippen LogP contribution >= 0.6 is 23.4 Å². The Kier molecular flexibility index (Phi) is 6.83. The molecular formula is C17H10ClF6N5O2S. The lowest BCUT2D eigenvalue weighted by atomic mass is 10.1. The van der Waals surface area contributed by atoms with Gasteiger partial charge in [0.25, 0.3) is 0 Å². The topological polar surface area (TPSA) is 81.9 Å². The van der Waals surface area contributed by atoms with Gasteiger partial charge in [0, 0.05) is 5.02 Å². The van der Waals surface area contributed by atoms with Crippen LogP contribution < -0.4 is 10.1 Å². The van der Waals surface area contributed by atoms with E-state index in [1.807, 2.05) is 0 Å². The number of carbonyl (C=O) groups excluding carboxylic acids is 1. The van der Waals surface area contributed by atoms with Gasteiger partial charge in [-0.25, -0.2) is 0 Å². The van der Waals surface area contributed by atoms with Gasteiger partial charge in [-0.05, 0) is 52.9 Å². The summed E-state index contributed by atoms with van der Waals surface area (Å²) in [6.45, 7) is 0. The van der Waals surface area contributed by atoms with E-state index in [2.05, 4.69) is 25.6 Å². The van der Waals surface area contributed by atoms with Crippen LogP contribution in [0.2, 0.25) is 5.02 Å². The Morgan fingerprint density at radius 3 is 2.41 bits per heavy atom. The molecule has 0 aliphatic carbocycles. The van der Waals surface area contributed by atoms with Gasteiger partial charge < -0.3 is 10.1 Å². The number of thioether (sulfide) groups is 1. The summed E-state index contributed by atoms with van der Waals surface area (Å²) < 4.78 is 81.1. The normalized spacial score (nSPS) is 12.0. The summed E-state index contributed by atoms with van der Waals surface area (Å²) in [5, 5.41) is 12.9. The minimum absolute atomic E-state index is 0.0804. The van der Waals surface area contributed by atoms with E-state index in [0.717, 1.165) is 34.6 Å². The SMILES string of the molecule is O=C(CSc1nnnn1-c1ccc(OC(F)(F)F)cc1)Nc1ccc(Cl)cc1C(F)(F)F. The molecule has 0 saturated heterocycles. The van der Waals surface area contributed by atoms with E-state index >= 15 is 0 Å². The molecule has 170 valence electrons. The Morgan fingerprint density at radius 1 is 1.09 bits per heavy atom. The lowest BCUT2D eigenvalue weighted by Gasteiger charge is -2.14. The molecule has 0 radical (unpaired) electrons. The third-order valence-corrected chi connectivity index (χ3v) is 4.80. The van der Waals surface area contributed by atoms with Crippen LogP contribution in [0.25, 0.3) is 5.69 Å². The molecule has 0 atom stereocenters. The van der Waals surface area contributed by atoms with E-state index in [-0.39, 0.29) is 21.6 Å². The van der Waals surface area contributed by atoms with Crippen LogP contribution in [0.4, 0.5) is 32.0 Å². The van der Waals surface area contributed by atoms with Crippen LogP contribution in [0.1, 0.15) is 5.56 Å². The number of ether oxygens (including phenoxy) is 1. The van der Waals surface area contributed by atoms with Gasteiger partial charge >= 0.3 is 12.5 Å². The Labute approximate surface area is 184 Å². The summed E-state index contributed by atoms with van der Waals surface area (Å²) in [6.07, 6.45) is -9.58. The van der Waals surface area contributed by atoms with Gasteiger partial charge in [-0.15, -0.1) is 18.3 Å². The first-order valence-corrected chi connectivity index (χ1v) is 9.73. The molecule has 3 rings (SSSR count). The molecule has 1 N–H and O–H groups in total. The van der Waals surface area contributed by atoms with Crippen LogP contribution in [0.5, 0.6) is 5.75 Å². The number of nitrogens with one attached hydrogen (secondary N) is 1. The quantitative estimate of drug-likeness (QED) is 0.383. The first-order valence-electron chi connectivity index (χ1n) is 8.36. The fraction of sp³-hybridized carbons (Fsp3) is 0.176. The number of rotatable bonds is 6. The molecule has 0 aliphatic heterocycles. The molecule has 1 amide bonds. The van der Waals surface area contributed by atoms with E-state index in [9.17, 15) is 31.1 Å². The monoisotopic (exact) mass is 497 g/mol. The van der Waals surface area contributed by atoms with Crippen LogP contribution in [0, 0.1) is 0 Å². The van der Waals surface area contributed by atoms with Gasteiger partial charge in [0.1, 0.15) is 5.75 Å². The van der Waals surface area contributed by atoms with Crippen molar-refractivity contribution in [2.45, 2.75) is 17.7 Å². The lowest BCUT2D eigenvalue weighted by Crippen LogP contribution is -2.18. The molecule has 0 aliphatic rings. The maximum Gasteiger partial charge on any atom is 0.573 e. The van der Waals surface area contributed by atoms with Crippen LogP contribution in [0.3, 0.4) is 0 Å². The number of hydrogen-bond acceptors (Lipinski definition) is 6. The third-order valence-electron chi connectivity index (χ3n) is 3.65. The van der Waals surface area contributed by atoms with Gasteiger partial charge in [0.15, 0.2) is 0 Å². The molecule has 2 aromatic carbocycles. The van der Waals surface area contributed by atoms with E-state index in [1.54, 1.807) is 0 Å². The number of hydrogen-bond donors (Lipinski definition) is 1. The number of tetrazole rings is 1. The standard InChI is InChI=1S/C17H10ClF6N5O2S/c18-9-1-6-13(12(7-9)16(19,20)21)25-14(30)8-32-15-26-27-28-29(15)10-2-4-11(5-3-10)31-17(22,23)24/h1-7H,8H2,(H,25,30). The minimum Gasteiger partial charge on any atom is -0.406 e. The van der Waals surface area contributed by atoms with Crippen molar-refractivity contribution < 1.29 is 35.9 Å². The van der Waals surface area contributed by atoms with Crippen molar-refractivity contribution in [3.8, 4) is 11.4 Å². The maximum atomic E-state index is 13.1. The smallest absolute Gasteiger partial charge is 0.406 e. The van der Waals surface area contributed by atoms with Crippen LogP contribution in [0.15, 0.2) is 47.6 Å². The van der Waals surface area contributed by atoms with Gasteiger partial charge in [0.2, 0.25) is 11.1 Å². The number of nitrogens with zero attached hydrogens (tertiary/aromatic N) is 4. The Bertz CT molecular complexity index is 1100. The predicted octanol–water partition coefficient (Wildman–Crippen LogP) is 4.96. The minimum atomic E-state index is -4.85. The van der Waals surface area contributed by atoms with Crippen LogP contribution in [-0.4, -0.2) is 38.2 Å². The summed E-state index contributed by atoms with van der Waals surface area (Å²) in [5.74, 6) is -1.58. The molecular weight excluding hydrogens is 488 g/mol. The van der Waals surface area contributed by atoms with Crippen molar-refractivity contribution in [2.75, 3.05) is 11.1 Å². The second-order valence-corrected chi connectivity index (χ2v) is 7.32. The van der Waals surface area contributed by atoms with Gasteiger partial charge in [-0.2, -0.15) is 17.9 Å². The van der Waals surface area contributed by atoms with Gasteiger partial charge in [-0.3, -0.25) is 4.79 Å². The maximum absolute atomic E-state index is 13.1. The van der Waals surface area contributed by atoms with Gasteiger partial charge in [-0.1, -0.05) is 23.4 Å². The van der Waals surface area contributed by atoms with Crippen molar-refractivity contribution in [3.05, 3.63) is 53.1 Å². The second kappa shape index (κ2) is 9.24. The van der Waals surface area contributed by atoms with E-state index in [4.69, 9.17) is 11.6 Å². The molecule has 32 heavy (non-hydrogen) atoms. The van der Waals surface area contributed by atoms with Crippen LogP contribution in [-0.2, 0) is 11.0 Å². The zero-order valence-electron chi connectivity index (χ0n) is 15.4. The largest absolute Gasteiger partial charge is 0.573 e. The summed E-state index contributed by atoms with van der Waals surface area (Å²) in [5.41, 5.74) is -1.30. The van der Waals surface area contributed by atoms with Crippen molar-refractivity contribution in [1.29, 1.82) is 0 Å². The summed E-state index contributed by atoms with van der Waals surface area (Å²) in [4.78, 5) is 12.2. The highest BCUT2D eigenvalue weighted by Gasteiger charge is 2.34. The molecule has 3 aromatic rings. The molecule has 0 unspecified atom stereocenters. The lowest BCUT2D eigenvalue weighted by molar-refractivity contribution is -0.274. The van der Waals surface area contributed by atoms with E-state index in [1.165, 1.54) is 18.2 Å². The molecule has 0 fully saturated rings. The third kappa shape index (κ3) is 6.26. The number of amides is 1. The number of carbonyl (C=O) groups is 1. The van der Waals surface area contributed by atoms with Crippen molar-refractivity contribution in [1.82, 2.24) is 20.2 Å². The Hall–Kier alpha value is -3.00. The highest BCUT2D eigenvalue weighted by Crippen LogP contribution is 2.36. The molecule has 0 saturated carbocycles. The average molecular weight is 498 g/mol. The predicted molar refractivity (Wildman–Crippen MR) is 102 cm³/mol. The Morgan fingerprint density at radius 2 is 1.78 bits per heavy atom. The summed E-state index contributed by atoms with van der Waals surface area (Å²) in [6, 6.07) is 7.52. The molecule has 7 nitrogen and oxygen atoms in total. The zero-order chi connectivity index (χ0) is 23.5. The molecule has 0 bridgehead atoms. The fourth-order valence-corrected chi connectivity index (χ4v) is 3.26. The molecule has 1 heterocycles. The molecule has 0 spiro atoms.